The van der Waals surface area contributed by atoms with Crippen LogP contribution in [-0.4, -0.2) is 30.4 Å². The van der Waals surface area contributed by atoms with E-state index in [-0.39, 0.29) is 17.1 Å². The molecule has 1 unspecified atom stereocenters. The summed E-state index contributed by atoms with van der Waals surface area (Å²) in [6.07, 6.45) is 3.50. The van der Waals surface area contributed by atoms with Crippen LogP contribution in [0.3, 0.4) is 0 Å². The summed E-state index contributed by atoms with van der Waals surface area (Å²) in [5, 5.41) is 2.90. The molecule has 2 aromatic rings. The van der Waals surface area contributed by atoms with Crippen molar-refractivity contribution in [2.45, 2.75) is 31.1 Å². The molecule has 3 nitrogen and oxygen atoms in total. The van der Waals surface area contributed by atoms with E-state index in [1.807, 2.05) is 18.2 Å². The molecule has 1 saturated heterocycles. The average Bonchev–Trinajstić information content (AvgIpc) is 2.69. The molecule has 0 bridgehead atoms. The second-order valence-electron chi connectivity index (χ2n) is 7.21. The highest BCUT2D eigenvalue weighted by atomic mass is 35.5. The Bertz CT molecular complexity index is 715. The second kappa shape index (κ2) is 9.86. The molecule has 0 spiro atoms. The Morgan fingerprint density at radius 1 is 1.11 bits per heavy atom. The smallest absolute Gasteiger partial charge is 0.224 e. The molecule has 27 heavy (non-hydrogen) atoms. The zero-order chi connectivity index (χ0) is 19.1. The average molecular weight is 389 g/mol. The number of rotatable bonds is 7. The summed E-state index contributed by atoms with van der Waals surface area (Å²) in [5.74, 6) is 0.111. The van der Waals surface area contributed by atoms with Gasteiger partial charge in [-0.3, -0.25) is 4.79 Å². The maximum atomic E-state index is 12.9. The summed E-state index contributed by atoms with van der Waals surface area (Å²) in [7, 11) is 0. The van der Waals surface area contributed by atoms with Crippen LogP contribution in [0.1, 0.15) is 36.6 Å². The third-order valence-electron chi connectivity index (χ3n) is 5.17. The Labute approximate surface area is 165 Å². The fourth-order valence-electron chi connectivity index (χ4n) is 3.55. The molecular formula is C22H26ClFN2O. The third kappa shape index (κ3) is 6.33. The summed E-state index contributed by atoms with van der Waals surface area (Å²) in [6, 6.07) is 16.1. The van der Waals surface area contributed by atoms with Crippen molar-refractivity contribution in [2.75, 3.05) is 25.0 Å². The molecule has 0 aliphatic carbocycles. The van der Waals surface area contributed by atoms with Crippen molar-refractivity contribution in [1.29, 1.82) is 0 Å². The molecular weight excluding hydrogens is 363 g/mol. The predicted molar refractivity (Wildman–Crippen MR) is 108 cm³/mol. The first-order chi connectivity index (χ1) is 13.1. The van der Waals surface area contributed by atoms with Crippen LogP contribution in [0.4, 0.5) is 10.1 Å². The molecule has 1 heterocycles. The van der Waals surface area contributed by atoms with Crippen molar-refractivity contribution < 1.29 is 9.18 Å². The molecule has 1 amide bonds. The van der Waals surface area contributed by atoms with Crippen molar-refractivity contribution in [1.82, 2.24) is 4.90 Å². The van der Waals surface area contributed by atoms with Gasteiger partial charge in [0.05, 0.1) is 5.38 Å². The van der Waals surface area contributed by atoms with Gasteiger partial charge < -0.3 is 10.2 Å². The van der Waals surface area contributed by atoms with E-state index in [0.29, 0.717) is 18.0 Å². The van der Waals surface area contributed by atoms with Gasteiger partial charge in [-0.25, -0.2) is 4.39 Å². The van der Waals surface area contributed by atoms with Gasteiger partial charge in [0, 0.05) is 12.1 Å². The highest BCUT2D eigenvalue weighted by molar-refractivity contribution is 6.20. The highest BCUT2D eigenvalue weighted by Gasteiger charge is 2.22. The third-order valence-corrected chi connectivity index (χ3v) is 5.64. The molecule has 0 aromatic heterocycles. The van der Waals surface area contributed by atoms with E-state index in [4.69, 9.17) is 11.6 Å². The molecule has 1 aliphatic heterocycles. The molecule has 1 aliphatic rings. The first kappa shape index (κ1) is 19.8. The Kier molecular flexibility index (Phi) is 7.25. The predicted octanol–water partition coefficient (Wildman–Crippen LogP) is 5.24. The number of piperidine rings is 1. The number of hydrogen-bond acceptors (Lipinski definition) is 2. The standard InChI is InChI=1S/C22H26ClFN2O/c23-21(18-4-2-1-3-5-18)12-15-26-13-10-17(11-14-26)16-22(27)25-20-8-6-19(24)7-9-20/h1-9,17,21H,10-16H2,(H,25,27). The number of anilines is 1. The topological polar surface area (TPSA) is 32.3 Å². The largest absolute Gasteiger partial charge is 0.326 e. The van der Waals surface area contributed by atoms with Crippen molar-refractivity contribution in [3.05, 3.63) is 66.0 Å². The fourth-order valence-corrected chi connectivity index (χ4v) is 3.79. The van der Waals surface area contributed by atoms with Crippen LogP contribution in [0.2, 0.25) is 0 Å². The minimum Gasteiger partial charge on any atom is -0.326 e. The minimum atomic E-state index is -0.299. The number of halogens is 2. The van der Waals surface area contributed by atoms with E-state index in [1.165, 1.54) is 17.7 Å². The normalized spacial score (nSPS) is 16.8. The van der Waals surface area contributed by atoms with E-state index in [0.717, 1.165) is 38.9 Å². The summed E-state index contributed by atoms with van der Waals surface area (Å²) in [6.45, 7) is 3.00. The molecule has 1 N–H and O–H groups in total. The number of carbonyl (C=O) groups is 1. The lowest BCUT2D eigenvalue weighted by Gasteiger charge is -2.32. The Hall–Kier alpha value is -1.91. The number of alkyl halides is 1. The number of nitrogens with zero attached hydrogens (tertiary/aromatic N) is 1. The number of hydrogen-bond donors (Lipinski definition) is 1. The van der Waals surface area contributed by atoms with Crippen LogP contribution < -0.4 is 5.32 Å². The van der Waals surface area contributed by atoms with Crippen LogP contribution in [0.15, 0.2) is 54.6 Å². The molecule has 0 radical (unpaired) electrons. The van der Waals surface area contributed by atoms with Gasteiger partial charge in [0.25, 0.3) is 0 Å². The summed E-state index contributed by atoms with van der Waals surface area (Å²) in [5.41, 5.74) is 1.82. The highest BCUT2D eigenvalue weighted by Crippen LogP contribution is 2.26. The fraction of sp³-hybridized carbons (Fsp3) is 0.409. The van der Waals surface area contributed by atoms with Crippen molar-refractivity contribution in [3.63, 3.8) is 0 Å². The first-order valence-corrected chi connectivity index (χ1v) is 10.0. The van der Waals surface area contributed by atoms with Gasteiger partial charge in [0.1, 0.15) is 5.82 Å². The Morgan fingerprint density at radius 2 is 1.78 bits per heavy atom. The number of benzene rings is 2. The van der Waals surface area contributed by atoms with Crippen LogP contribution in [-0.2, 0) is 4.79 Å². The van der Waals surface area contributed by atoms with Crippen LogP contribution in [0, 0.1) is 11.7 Å². The summed E-state index contributed by atoms with van der Waals surface area (Å²) >= 11 is 6.51. The lowest BCUT2D eigenvalue weighted by molar-refractivity contribution is -0.117. The zero-order valence-corrected chi connectivity index (χ0v) is 16.2. The maximum absolute atomic E-state index is 12.9. The van der Waals surface area contributed by atoms with E-state index < -0.39 is 0 Å². The number of likely N-dealkylation sites (tertiary alicyclic amines) is 1. The summed E-state index contributed by atoms with van der Waals surface area (Å²) in [4.78, 5) is 14.6. The monoisotopic (exact) mass is 388 g/mol. The first-order valence-electron chi connectivity index (χ1n) is 9.57. The van der Waals surface area contributed by atoms with Crippen LogP contribution >= 0.6 is 11.6 Å². The summed E-state index contributed by atoms with van der Waals surface area (Å²) < 4.78 is 12.9. The van der Waals surface area contributed by atoms with Gasteiger partial charge >= 0.3 is 0 Å². The second-order valence-corrected chi connectivity index (χ2v) is 7.74. The van der Waals surface area contributed by atoms with Gasteiger partial charge in [0.15, 0.2) is 0 Å². The van der Waals surface area contributed by atoms with Gasteiger partial charge in [-0.15, -0.1) is 11.6 Å². The van der Waals surface area contributed by atoms with Gasteiger partial charge in [-0.2, -0.15) is 0 Å². The van der Waals surface area contributed by atoms with E-state index in [2.05, 4.69) is 22.3 Å². The van der Waals surface area contributed by atoms with Crippen LogP contribution in [0.5, 0.6) is 0 Å². The van der Waals surface area contributed by atoms with Crippen molar-refractivity contribution >= 4 is 23.2 Å². The molecule has 0 saturated carbocycles. The minimum absolute atomic E-state index is 0.00459. The van der Waals surface area contributed by atoms with E-state index in [9.17, 15) is 9.18 Å². The quantitative estimate of drug-likeness (QED) is 0.658. The van der Waals surface area contributed by atoms with Gasteiger partial charge in [0.2, 0.25) is 5.91 Å². The molecule has 1 atom stereocenters. The van der Waals surface area contributed by atoms with Crippen molar-refractivity contribution in [2.24, 2.45) is 5.92 Å². The number of carbonyl (C=O) groups excluding carboxylic acids is 1. The van der Waals surface area contributed by atoms with Gasteiger partial charge in [-0.1, -0.05) is 30.3 Å². The molecule has 2 aromatic carbocycles. The molecule has 144 valence electrons. The van der Waals surface area contributed by atoms with Gasteiger partial charge in [-0.05, 0) is 74.6 Å². The molecule has 1 fully saturated rings. The van der Waals surface area contributed by atoms with Crippen molar-refractivity contribution in [3.8, 4) is 0 Å². The SMILES string of the molecule is O=C(CC1CCN(CCC(Cl)c2ccccc2)CC1)Nc1ccc(F)cc1. The number of nitrogens with one attached hydrogen (secondary N) is 1. The van der Waals surface area contributed by atoms with Crippen LogP contribution in [0.25, 0.3) is 0 Å². The Morgan fingerprint density at radius 3 is 2.44 bits per heavy atom. The number of amides is 1. The zero-order valence-electron chi connectivity index (χ0n) is 15.4. The lowest BCUT2D eigenvalue weighted by atomic mass is 9.93. The Balaban J connectivity index is 1.36. The van der Waals surface area contributed by atoms with E-state index >= 15 is 0 Å². The molecule has 5 heteroatoms. The molecule has 3 rings (SSSR count). The maximum Gasteiger partial charge on any atom is 0.224 e. The van der Waals surface area contributed by atoms with E-state index in [1.54, 1.807) is 12.1 Å². The lowest BCUT2D eigenvalue weighted by Crippen LogP contribution is -2.35.